The SMILES string of the molecule is CC(C)CC(NC(=O)C(Cc1ccccc1)NC(=O)C(Cc1ccccc1)NC(=O)OC(C)(C)C)C(=O)NC(CCCCNC(=O)OC(C)(C)C)C(=O)N1CCC2(CC1)CC(N1CCN(C(=O)O)CC1)C2. The number of carboxylic acid groups (broad SMARTS) is 1. The molecule has 5 rings (SSSR count). The summed E-state index contributed by atoms with van der Waals surface area (Å²) in [4.78, 5) is 100. The van der Waals surface area contributed by atoms with Crippen LogP contribution >= 0.6 is 0 Å². The van der Waals surface area contributed by atoms with Gasteiger partial charge < -0.3 is 51.0 Å². The number of piperidine rings is 1. The minimum absolute atomic E-state index is 0.0554. The standard InChI is InChI=1S/C53H80N8O10/c1-36(2)31-41(56-45(63)42(32-37-17-11-9-12-18-37)57-46(64)43(33-38-19-13-10-14-20-38)58-49(67)71-52(6,7)8)44(62)55-40(21-15-16-24-54-48(66)70-51(3,4)5)47(65)60-25-22-53(23-26-60)34-39(35-53)59-27-29-61(30-28-59)50(68)69/h9-14,17-20,36,39-43H,15-16,21-35H2,1-8H3,(H,54,66)(H,55,62)(H,56,63)(H,57,64)(H,58,67)(H,68,69). The molecule has 0 aromatic heterocycles. The van der Waals surface area contributed by atoms with Gasteiger partial charge >= 0.3 is 18.3 Å². The lowest BCUT2D eigenvalue weighted by molar-refractivity contribution is -0.141. The number of carbonyl (C=O) groups excluding carboxylic acids is 6. The molecule has 2 aliphatic heterocycles. The fourth-order valence-electron chi connectivity index (χ4n) is 9.63. The van der Waals surface area contributed by atoms with E-state index in [2.05, 4.69) is 31.5 Å². The maximum absolute atomic E-state index is 14.5. The molecule has 2 heterocycles. The normalized spacial score (nSPS) is 18.0. The largest absolute Gasteiger partial charge is 0.465 e. The molecule has 4 unspecified atom stereocenters. The lowest BCUT2D eigenvalue weighted by Gasteiger charge is -2.56. The number of alkyl carbamates (subject to hydrolysis) is 2. The zero-order chi connectivity index (χ0) is 51.9. The number of likely N-dealkylation sites (tertiary alicyclic amines) is 1. The summed E-state index contributed by atoms with van der Waals surface area (Å²) in [6.45, 7) is 18.2. The first-order chi connectivity index (χ1) is 33.5. The number of rotatable bonds is 20. The van der Waals surface area contributed by atoms with Gasteiger partial charge in [-0.25, -0.2) is 14.4 Å². The second-order valence-electron chi connectivity index (χ2n) is 22.0. The number of benzene rings is 2. The average molecular weight is 989 g/mol. The highest BCUT2D eigenvalue weighted by molar-refractivity contribution is 5.95. The molecule has 6 N–H and O–H groups in total. The van der Waals surface area contributed by atoms with Crippen molar-refractivity contribution in [3.05, 3.63) is 71.8 Å². The molecule has 3 fully saturated rings. The number of hydrogen-bond donors (Lipinski definition) is 6. The van der Waals surface area contributed by atoms with Crippen LogP contribution in [0, 0.1) is 11.3 Å². The highest BCUT2D eigenvalue weighted by atomic mass is 16.6. The zero-order valence-corrected chi connectivity index (χ0v) is 43.2. The van der Waals surface area contributed by atoms with Gasteiger partial charge in [0.25, 0.3) is 0 Å². The predicted octanol–water partition coefficient (Wildman–Crippen LogP) is 5.63. The van der Waals surface area contributed by atoms with Gasteiger partial charge in [0.05, 0.1) is 0 Å². The van der Waals surface area contributed by atoms with Crippen LogP contribution in [0.1, 0.15) is 118 Å². The Morgan fingerprint density at radius 2 is 1.10 bits per heavy atom. The van der Waals surface area contributed by atoms with E-state index in [0.29, 0.717) is 51.6 Å². The molecule has 2 saturated heterocycles. The van der Waals surface area contributed by atoms with Gasteiger partial charge in [-0.2, -0.15) is 0 Å². The van der Waals surface area contributed by atoms with E-state index in [9.17, 15) is 38.7 Å². The third-order valence-electron chi connectivity index (χ3n) is 13.3. The van der Waals surface area contributed by atoms with Gasteiger partial charge in [0.15, 0.2) is 0 Å². The highest BCUT2D eigenvalue weighted by Crippen LogP contribution is 2.51. The van der Waals surface area contributed by atoms with Gasteiger partial charge in [-0.1, -0.05) is 74.5 Å². The first-order valence-corrected chi connectivity index (χ1v) is 25.4. The number of unbranched alkanes of at least 4 members (excludes halogenated alkanes) is 1. The third kappa shape index (κ3) is 18.3. The number of ether oxygens (including phenoxy) is 2. The predicted molar refractivity (Wildman–Crippen MR) is 269 cm³/mol. The summed E-state index contributed by atoms with van der Waals surface area (Å²) in [6.07, 6.45) is 3.17. The second kappa shape index (κ2) is 25.5. The Labute approximate surface area is 420 Å². The number of nitrogens with zero attached hydrogens (tertiary/aromatic N) is 3. The van der Waals surface area contributed by atoms with Gasteiger partial charge in [-0.05, 0) is 115 Å². The van der Waals surface area contributed by atoms with Crippen LogP contribution in [0.4, 0.5) is 14.4 Å². The van der Waals surface area contributed by atoms with Crippen molar-refractivity contribution in [2.75, 3.05) is 45.8 Å². The minimum Gasteiger partial charge on any atom is -0.465 e. The van der Waals surface area contributed by atoms with E-state index in [-0.39, 0.29) is 42.9 Å². The van der Waals surface area contributed by atoms with E-state index in [1.807, 2.05) is 79.4 Å². The molecule has 1 spiro atoms. The van der Waals surface area contributed by atoms with Crippen LogP contribution in [0.25, 0.3) is 0 Å². The van der Waals surface area contributed by atoms with Gasteiger partial charge in [0.1, 0.15) is 35.4 Å². The van der Waals surface area contributed by atoms with Gasteiger partial charge in [-0.3, -0.25) is 24.1 Å². The first-order valence-electron chi connectivity index (χ1n) is 25.4. The molecular formula is C53H80N8O10. The minimum atomic E-state index is -1.16. The Morgan fingerprint density at radius 3 is 1.61 bits per heavy atom. The van der Waals surface area contributed by atoms with Crippen LogP contribution in [0.5, 0.6) is 0 Å². The summed E-state index contributed by atoms with van der Waals surface area (Å²) < 4.78 is 10.9. The maximum Gasteiger partial charge on any atom is 0.408 e. The molecule has 1 aliphatic carbocycles. The summed E-state index contributed by atoms with van der Waals surface area (Å²) in [7, 11) is 0. The van der Waals surface area contributed by atoms with Crippen LogP contribution in [0.3, 0.4) is 0 Å². The van der Waals surface area contributed by atoms with E-state index >= 15 is 0 Å². The lowest BCUT2D eigenvalue weighted by Crippen LogP contribution is -2.61. The molecular weight excluding hydrogens is 909 g/mol. The molecule has 1 saturated carbocycles. The van der Waals surface area contributed by atoms with E-state index < -0.39 is 71.4 Å². The van der Waals surface area contributed by atoms with Crippen molar-refractivity contribution in [3.63, 3.8) is 0 Å². The third-order valence-corrected chi connectivity index (χ3v) is 13.3. The molecule has 4 atom stereocenters. The quantitative estimate of drug-likeness (QED) is 0.0892. The van der Waals surface area contributed by atoms with Crippen molar-refractivity contribution in [3.8, 4) is 0 Å². The smallest absolute Gasteiger partial charge is 0.408 e. The van der Waals surface area contributed by atoms with E-state index in [0.717, 1.165) is 49.9 Å². The average Bonchev–Trinajstić information content (AvgIpc) is 3.28. The Morgan fingerprint density at radius 1 is 0.620 bits per heavy atom. The number of piperazine rings is 1. The second-order valence-corrected chi connectivity index (χ2v) is 22.0. The molecule has 0 bridgehead atoms. The van der Waals surface area contributed by atoms with Crippen molar-refractivity contribution in [1.82, 2.24) is 41.3 Å². The molecule has 0 radical (unpaired) electrons. The van der Waals surface area contributed by atoms with Gasteiger partial charge in [-0.15, -0.1) is 0 Å². The molecule has 2 aromatic rings. The summed E-state index contributed by atoms with van der Waals surface area (Å²) in [5.74, 6) is -2.03. The molecule has 392 valence electrons. The lowest BCUT2D eigenvalue weighted by atomic mass is 9.60. The van der Waals surface area contributed by atoms with Crippen molar-refractivity contribution in [1.29, 1.82) is 0 Å². The van der Waals surface area contributed by atoms with Crippen LogP contribution in [-0.4, -0.2) is 149 Å². The Kier molecular flexibility index (Phi) is 20.1. The number of carbonyl (C=O) groups is 7. The van der Waals surface area contributed by atoms with Crippen LogP contribution in [0.15, 0.2) is 60.7 Å². The molecule has 7 amide bonds. The van der Waals surface area contributed by atoms with Crippen LogP contribution in [-0.2, 0) is 41.5 Å². The molecule has 71 heavy (non-hydrogen) atoms. The summed E-state index contributed by atoms with van der Waals surface area (Å²) in [6, 6.07) is 14.5. The zero-order valence-electron chi connectivity index (χ0n) is 43.2. The summed E-state index contributed by atoms with van der Waals surface area (Å²) in [5.41, 5.74) is 0.154. The summed E-state index contributed by atoms with van der Waals surface area (Å²) in [5, 5.41) is 23.7. The fourth-order valence-corrected chi connectivity index (χ4v) is 9.63. The Hall–Kier alpha value is -5.91. The highest BCUT2D eigenvalue weighted by Gasteiger charge is 2.49. The molecule has 18 heteroatoms. The van der Waals surface area contributed by atoms with E-state index in [1.165, 1.54) is 4.90 Å². The van der Waals surface area contributed by atoms with E-state index in [4.69, 9.17) is 9.47 Å². The maximum atomic E-state index is 14.5. The van der Waals surface area contributed by atoms with Gasteiger partial charge in [0.2, 0.25) is 23.6 Å². The van der Waals surface area contributed by atoms with E-state index in [1.54, 1.807) is 41.5 Å². The Balaban J connectivity index is 1.29. The fraction of sp³-hybridized carbons (Fsp3) is 0.642. The number of amides is 7. The van der Waals surface area contributed by atoms with Crippen LogP contribution in [0.2, 0.25) is 0 Å². The monoisotopic (exact) mass is 989 g/mol. The Bertz CT molecular complexity index is 2090. The molecule has 18 nitrogen and oxygen atoms in total. The molecule has 2 aromatic carbocycles. The number of nitrogens with one attached hydrogen (secondary N) is 5. The molecule has 3 aliphatic rings. The van der Waals surface area contributed by atoms with Crippen molar-refractivity contribution in [2.45, 2.75) is 161 Å². The van der Waals surface area contributed by atoms with Gasteiger partial charge in [0, 0.05) is 64.7 Å². The van der Waals surface area contributed by atoms with Crippen LogP contribution < -0.4 is 26.6 Å². The number of hydrogen-bond acceptors (Lipinski definition) is 10. The topological polar surface area (TPSA) is 228 Å². The first kappa shape index (κ1) is 56.0. The van der Waals surface area contributed by atoms with Crippen molar-refractivity contribution in [2.24, 2.45) is 11.3 Å². The summed E-state index contributed by atoms with van der Waals surface area (Å²) >= 11 is 0. The van der Waals surface area contributed by atoms with Crippen molar-refractivity contribution >= 4 is 41.9 Å². The van der Waals surface area contributed by atoms with Crippen molar-refractivity contribution < 1.29 is 48.1 Å².